The Morgan fingerprint density at radius 2 is 2.29 bits per heavy atom. The van der Waals surface area contributed by atoms with Crippen molar-refractivity contribution in [3.63, 3.8) is 0 Å². The first-order valence-electron chi connectivity index (χ1n) is 4.76. The second kappa shape index (κ2) is 3.96. The van der Waals surface area contributed by atoms with Gasteiger partial charge in [-0.15, -0.1) is 0 Å². The number of aliphatic hydroxyl groups is 1. The van der Waals surface area contributed by atoms with Crippen LogP contribution in [0.25, 0.3) is 0 Å². The number of benzene rings is 1. The third kappa shape index (κ3) is 1.73. The van der Waals surface area contributed by atoms with Crippen LogP contribution >= 0.6 is 0 Å². The average Bonchev–Trinajstić information content (AvgIpc) is 2.27. The van der Waals surface area contributed by atoms with Crippen LogP contribution in [-0.4, -0.2) is 24.5 Å². The molecule has 1 aromatic carbocycles. The minimum Gasteiger partial charge on any atom is -0.493 e. The number of hydrogen-bond donors (Lipinski definition) is 1. The van der Waals surface area contributed by atoms with Crippen LogP contribution in [0.2, 0.25) is 0 Å². The van der Waals surface area contributed by atoms with Gasteiger partial charge in [0.25, 0.3) is 0 Å². The van der Waals surface area contributed by atoms with Crippen LogP contribution in [0.15, 0.2) is 24.3 Å². The fourth-order valence-corrected chi connectivity index (χ4v) is 1.72. The zero-order valence-corrected chi connectivity index (χ0v) is 7.82. The summed E-state index contributed by atoms with van der Waals surface area (Å²) in [5, 5.41) is 9.35. The molecule has 0 radical (unpaired) electrons. The summed E-state index contributed by atoms with van der Waals surface area (Å²) in [6.07, 6.45) is -0.204. The molecule has 0 bridgehead atoms. The molecule has 2 unspecified atom stereocenters. The van der Waals surface area contributed by atoms with Gasteiger partial charge >= 0.3 is 0 Å². The molecule has 1 aliphatic rings. The summed E-state index contributed by atoms with van der Waals surface area (Å²) in [6, 6.07) is 7.68. The molecule has 2 atom stereocenters. The Hall–Kier alpha value is -1.09. The third-order valence-corrected chi connectivity index (χ3v) is 2.61. The van der Waals surface area contributed by atoms with Crippen LogP contribution in [0.5, 0.6) is 5.75 Å². The Kier molecular flexibility index (Phi) is 2.68. The molecule has 1 aromatic rings. The van der Waals surface area contributed by atoms with E-state index in [0.717, 1.165) is 11.3 Å². The number of para-hydroxylation sites is 1. The summed E-state index contributed by atoms with van der Waals surface area (Å²) in [6.45, 7) is -0.293. The molecule has 0 fully saturated rings. The Bertz CT molecular complexity index is 314. The Balaban J connectivity index is 2.13. The predicted octanol–water partition coefficient (Wildman–Crippen LogP) is 1.57. The highest BCUT2D eigenvalue weighted by Gasteiger charge is 2.25. The lowest BCUT2D eigenvalue weighted by atomic mass is 9.93. The zero-order valence-electron chi connectivity index (χ0n) is 7.82. The van der Waals surface area contributed by atoms with Gasteiger partial charge in [0.05, 0.1) is 12.7 Å². The van der Waals surface area contributed by atoms with Gasteiger partial charge in [-0.2, -0.15) is 0 Å². The monoisotopic (exact) mass is 196 g/mol. The van der Waals surface area contributed by atoms with E-state index in [2.05, 4.69) is 0 Å². The van der Waals surface area contributed by atoms with Gasteiger partial charge in [0.15, 0.2) is 0 Å². The lowest BCUT2D eigenvalue weighted by Crippen LogP contribution is -2.32. The molecule has 1 aliphatic heterocycles. The molecular weight excluding hydrogens is 183 g/mol. The molecule has 0 spiro atoms. The highest BCUT2D eigenvalue weighted by Crippen LogP contribution is 2.28. The fourth-order valence-electron chi connectivity index (χ4n) is 1.72. The quantitative estimate of drug-likeness (QED) is 0.778. The zero-order chi connectivity index (χ0) is 9.97. The van der Waals surface area contributed by atoms with Gasteiger partial charge in [-0.05, 0) is 18.1 Å². The fraction of sp³-hybridized carbons (Fsp3) is 0.455. The van der Waals surface area contributed by atoms with Crippen molar-refractivity contribution in [1.29, 1.82) is 0 Å². The number of hydrogen-bond acceptors (Lipinski definition) is 2. The molecule has 2 nitrogen and oxygen atoms in total. The Morgan fingerprint density at radius 1 is 1.50 bits per heavy atom. The van der Waals surface area contributed by atoms with Gasteiger partial charge in [-0.3, -0.25) is 0 Å². The maximum absolute atomic E-state index is 12.2. The van der Waals surface area contributed by atoms with E-state index >= 15 is 0 Å². The molecule has 14 heavy (non-hydrogen) atoms. The lowest BCUT2D eigenvalue weighted by molar-refractivity contribution is 0.0462. The summed E-state index contributed by atoms with van der Waals surface area (Å²) in [7, 11) is 0. The van der Waals surface area contributed by atoms with Crippen LogP contribution in [0, 0.1) is 5.92 Å². The van der Waals surface area contributed by atoms with Crippen molar-refractivity contribution in [2.45, 2.75) is 12.5 Å². The Labute approximate surface area is 82.3 Å². The number of ether oxygens (including phenoxy) is 1. The standard InChI is InChI=1S/C11H13FO2/c12-6-10(13)9-5-8-3-1-2-4-11(8)14-7-9/h1-4,9-10,13H,5-7H2. The second-order valence-electron chi connectivity index (χ2n) is 3.60. The predicted molar refractivity (Wildman–Crippen MR) is 51.1 cm³/mol. The first kappa shape index (κ1) is 9.46. The summed E-state index contributed by atoms with van der Waals surface area (Å²) < 4.78 is 17.7. The van der Waals surface area contributed by atoms with Gasteiger partial charge in [-0.1, -0.05) is 18.2 Å². The number of aliphatic hydroxyl groups excluding tert-OH is 1. The van der Waals surface area contributed by atoms with Crippen LogP contribution in [0.3, 0.4) is 0 Å². The van der Waals surface area contributed by atoms with Gasteiger partial charge < -0.3 is 9.84 Å². The van der Waals surface area contributed by atoms with Crippen LogP contribution in [0.4, 0.5) is 4.39 Å². The maximum atomic E-state index is 12.2. The molecular formula is C11H13FO2. The van der Waals surface area contributed by atoms with Crippen molar-refractivity contribution >= 4 is 0 Å². The van der Waals surface area contributed by atoms with Crippen molar-refractivity contribution in [3.05, 3.63) is 29.8 Å². The SMILES string of the molecule is OC(CF)C1COc2ccccc2C1. The summed E-state index contributed by atoms with van der Waals surface area (Å²) in [5.41, 5.74) is 1.05. The summed E-state index contributed by atoms with van der Waals surface area (Å²) in [5.74, 6) is 0.740. The molecule has 1 N–H and O–H groups in total. The molecule has 0 saturated carbocycles. The van der Waals surface area contributed by atoms with E-state index in [4.69, 9.17) is 4.74 Å². The van der Waals surface area contributed by atoms with Crippen molar-refractivity contribution < 1.29 is 14.2 Å². The van der Waals surface area contributed by atoms with Crippen molar-refractivity contribution in [3.8, 4) is 5.75 Å². The molecule has 0 aliphatic carbocycles. The van der Waals surface area contributed by atoms with E-state index in [0.29, 0.717) is 13.0 Å². The van der Waals surface area contributed by atoms with Gasteiger partial charge in [-0.25, -0.2) is 4.39 Å². The van der Waals surface area contributed by atoms with Crippen LogP contribution in [-0.2, 0) is 6.42 Å². The molecule has 3 heteroatoms. The number of rotatable bonds is 2. The first-order chi connectivity index (χ1) is 6.81. The minimum absolute atomic E-state index is 0.116. The smallest absolute Gasteiger partial charge is 0.122 e. The van der Waals surface area contributed by atoms with Crippen molar-refractivity contribution in [2.75, 3.05) is 13.3 Å². The van der Waals surface area contributed by atoms with Gasteiger partial charge in [0.1, 0.15) is 12.4 Å². The van der Waals surface area contributed by atoms with E-state index in [1.807, 2.05) is 24.3 Å². The second-order valence-corrected chi connectivity index (χ2v) is 3.60. The summed E-state index contributed by atoms with van der Waals surface area (Å²) in [4.78, 5) is 0. The minimum atomic E-state index is -0.900. The van der Waals surface area contributed by atoms with Gasteiger partial charge in [0, 0.05) is 5.92 Å². The van der Waals surface area contributed by atoms with E-state index in [1.165, 1.54) is 0 Å². The third-order valence-electron chi connectivity index (χ3n) is 2.61. The molecule has 0 amide bonds. The first-order valence-corrected chi connectivity index (χ1v) is 4.76. The maximum Gasteiger partial charge on any atom is 0.122 e. The molecule has 1 heterocycles. The highest BCUT2D eigenvalue weighted by atomic mass is 19.1. The van der Waals surface area contributed by atoms with Crippen LogP contribution in [0.1, 0.15) is 5.56 Å². The number of fused-ring (bicyclic) bond motifs is 1. The number of halogens is 1. The molecule has 0 aromatic heterocycles. The van der Waals surface area contributed by atoms with E-state index in [1.54, 1.807) is 0 Å². The number of alkyl halides is 1. The highest BCUT2D eigenvalue weighted by molar-refractivity contribution is 5.35. The van der Waals surface area contributed by atoms with Gasteiger partial charge in [0.2, 0.25) is 0 Å². The van der Waals surface area contributed by atoms with E-state index < -0.39 is 12.8 Å². The van der Waals surface area contributed by atoms with Crippen molar-refractivity contribution in [1.82, 2.24) is 0 Å². The largest absolute Gasteiger partial charge is 0.493 e. The summed E-state index contributed by atoms with van der Waals surface area (Å²) >= 11 is 0. The molecule has 0 saturated heterocycles. The molecule has 2 rings (SSSR count). The average molecular weight is 196 g/mol. The van der Waals surface area contributed by atoms with Crippen LogP contribution < -0.4 is 4.74 Å². The van der Waals surface area contributed by atoms with E-state index in [-0.39, 0.29) is 5.92 Å². The normalized spacial score (nSPS) is 22.3. The molecule has 76 valence electrons. The Morgan fingerprint density at radius 3 is 3.07 bits per heavy atom. The topological polar surface area (TPSA) is 29.5 Å². The van der Waals surface area contributed by atoms with E-state index in [9.17, 15) is 9.50 Å². The lowest BCUT2D eigenvalue weighted by Gasteiger charge is -2.27. The van der Waals surface area contributed by atoms with Crippen molar-refractivity contribution in [2.24, 2.45) is 5.92 Å².